The molecule has 2 aliphatic rings. The molecule has 0 saturated heterocycles. The van der Waals surface area contributed by atoms with Gasteiger partial charge in [-0.15, -0.1) is 0 Å². The zero-order valence-corrected chi connectivity index (χ0v) is 13.9. The Bertz CT molecular complexity index is 586. The van der Waals surface area contributed by atoms with E-state index in [9.17, 15) is 18.0 Å². The number of hydrogen-bond acceptors (Lipinski definition) is 2. The standard InChI is InChI=1S/C17H24F3N3O/c1-11(16(24)21-13-5-3-2-4-6-13)10-23-14(12-7-8-12)9-15(22-23)17(18,19)20/h9,11-13H,2-8,10H2,1H3,(H,21,24). The number of aromatic nitrogens is 2. The van der Waals surface area contributed by atoms with Gasteiger partial charge in [0.15, 0.2) is 5.69 Å². The molecule has 4 nitrogen and oxygen atoms in total. The fourth-order valence-electron chi connectivity index (χ4n) is 3.36. The van der Waals surface area contributed by atoms with Crippen molar-refractivity contribution >= 4 is 5.91 Å². The van der Waals surface area contributed by atoms with Crippen molar-refractivity contribution in [2.24, 2.45) is 5.92 Å². The molecule has 1 aromatic rings. The summed E-state index contributed by atoms with van der Waals surface area (Å²) >= 11 is 0. The van der Waals surface area contributed by atoms with Crippen molar-refractivity contribution in [1.29, 1.82) is 0 Å². The van der Waals surface area contributed by atoms with Crippen molar-refractivity contribution in [3.8, 4) is 0 Å². The first kappa shape index (κ1) is 17.3. The molecule has 2 saturated carbocycles. The van der Waals surface area contributed by atoms with E-state index in [0.29, 0.717) is 5.69 Å². The van der Waals surface area contributed by atoms with Gasteiger partial charge in [-0.3, -0.25) is 9.48 Å². The molecule has 0 radical (unpaired) electrons. The van der Waals surface area contributed by atoms with Gasteiger partial charge in [-0.2, -0.15) is 18.3 Å². The highest BCUT2D eigenvalue weighted by molar-refractivity contribution is 5.78. The maximum absolute atomic E-state index is 12.9. The molecule has 3 rings (SSSR count). The maximum Gasteiger partial charge on any atom is 0.435 e. The molecule has 0 aromatic carbocycles. The third-order valence-electron chi connectivity index (χ3n) is 4.94. The number of nitrogens with zero attached hydrogens (tertiary/aromatic N) is 2. The Balaban J connectivity index is 1.65. The van der Waals surface area contributed by atoms with Crippen LogP contribution < -0.4 is 5.32 Å². The lowest BCUT2D eigenvalue weighted by atomic mass is 9.95. The SMILES string of the molecule is CC(Cn1nc(C(F)(F)F)cc1C1CC1)C(=O)NC1CCCCC1. The zero-order chi connectivity index (χ0) is 17.3. The van der Waals surface area contributed by atoms with Crippen molar-refractivity contribution in [1.82, 2.24) is 15.1 Å². The van der Waals surface area contributed by atoms with Gasteiger partial charge in [-0.1, -0.05) is 26.2 Å². The van der Waals surface area contributed by atoms with E-state index in [4.69, 9.17) is 0 Å². The third-order valence-corrected chi connectivity index (χ3v) is 4.94. The molecular weight excluding hydrogens is 319 g/mol. The lowest BCUT2D eigenvalue weighted by Crippen LogP contribution is -2.40. The summed E-state index contributed by atoms with van der Waals surface area (Å²) in [5.74, 6) is -0.333. The summed E-state index contributed by atoms with van der Waals surface area (Å²) in [4.78, 5) is 12.3. The van der Waals surface area contributed by atoms with Gasteiger partial charge in [0.1, 0.15) is 0 Å². The van der Waals surface area contributed by atoms with Gasteiger partial charge in [0.2, 0.25) is 5.91 Å². The molecule has 2 fully saturated rings. The summed E-state index contributed by atoms with van der Waals surface area (Å²) in [6.07, 6.45) is 2.79. The largest absolute Gasteiger partial charge is 0.435 e. The number of hydrogen-bond donors (Lipinski definition) is 1. The average Bonchev–Trinajstić information content (AvgIpc) is 3.28. The van der Waals surface area contributed by atoms with Gasteiger partial charge in [0.05, 0.1) is 12.5 Å². The van der Waals surface area contributed by atoms with Crippen LogP contribution in [0.15, 0.2) is 6.07 Å². The predicted molar refractivity (Wildman–Crippen MR) is 83.4 cm³/mol. The smallest absolute Gasteiger partial charge is 0.353 e. The Morgan fingerprint density at radius 1 is 1.29 bits per heavy atom. The molecule has 0 aliphatic heterocycles. The van der Waals surface area contributed by atoms with Crippen LogP contribution in [0, 0.1) is 5.92 Å². The number of nitrogens with one attached hydrogen (secondary N) is 1. The second-order valence-electron chi connectivity index (χ2n) is 7.15. The van der Waals surface area contributed by atoms with E-state index in [-0.39, 0.29) is 24.4 Å². The van der Waals surface area contributed by atoms with Crippen molar-refractivity contribution in [3.63, 3.8) is 0 Å². The summed E-state index contributed by atoms with van der Waals surface area (Å²) in [5.41, 5.74) is -0.246. The van der Waals surface area contributed by atoms with E-state index in [1.807, 2.05) is 0 Å². The highest BCUT2D eigenvalue weighted by atomic mass is 19.4. The maximum atomic E-state index is 12.9. The molecule has 1 amide bonds. The Morgan fingerprint density at radius 2 is 1.96 bits per heavy atom. The first-order chi connectivity index (χ1) is 11.3. The molecule has 1 aromatic heterocycles. The highest BCUT2D eigenvalue weighted by Gasteiger charge is 2.38. The lowest BCUT2D eigenvalue weighted by molar-refractivity contribution is -0.141. The molecule has 1 heterocycles. The number of alkyl halides is 3. The molecule has 134 valence electrons. The van der Waals surface area contributed by atoms with Gasteiger partial charge >= 0.3 is 6.18 Å². The molecular formula is C17H24F3N3O. The minimum atomic E-state index is -4.44. The van der Waals surface area contributed by atoms with Gasteiger partial charge < -0.3 is 5.32 Å². The monoisotopic (exact) mass is 343 g/mol. The molecule has 1 N–H and O–H groups in total. The summed E-state index contributed by atoms with van der Waals surface area (Å²) in [6, 6.07) is 1.35. The molecule has 1 unspecified atom stereocenters. The van der Waals surface area contributed by atoms with E-state index in [0.717, 1.165) is 44.6 Å². The molecule has 24 heavy (non-hydrogen) atoms. The van der Waals surface area contributed by atoms with Crippen molar-refractivity contribution in [3.05, 3.63) is 17.5 Å². The van der Waals surface area contributed by atoms with Crippen LogP contribution in [0.4, 0.5) is 13.2 Å². The minimum Gasteiger partial charge on any atom is -0.353 e. The lowest BCUT2D eigenvalue weighted by Gasteiger charge is -2.24. The fourth-order valence-corrected chi connectivity index (χ4v) is 3.36. The normalized spacial score (nSPS) is 20.8. The van der Waals surface area contributed by atoms with Gasteiger partial charge in [0.25, 0.3) is 0 Å². The van der Waals surface area contributed by atoms with Gasteiger partial charge in [-0.05, 0) is 31.7 Å². The molecule has 7 heteroatoms. The van der Waals surface area contributed by atoms with E-state index in [1.54, 1.807) is 6.92 Å². The molecule has 2 aliphatic carbocycles. The first-order valence-corrected chi connectivity index (χ1v) is 8.80. The van der Waals surface area contributed by atoms with Crippen LogP contribution >= 0.6 is 0 Å². The van der Waals surface area contributed by atoms with E-state index in [1.165, 1.54) is 11.1 Å². The number of halogens is 3. The molecule has 1 atom stereocenters. The van der Waals surface area contributed by atoms with Crippen LogP contribution in [-0.4, -0.2) is 21.7 Å². The Labute approximate surface area is 139 Å². The number of amides is 1. The first-order valence-electron chi connectivity index (χ1n) is 8.80. The molecule has 0 bridgehead atoms. The Kier molecular flexibility index (Phi) is 4.88. The van der Waals surface area contributed by atoms with E-state index < -0.39 is 17.8 Å². The van der Waals surface area contributed by atoms with Crippen LogP contribution in [0.1, 0.15) is 69.2 Å². The van der Waals surface area contributed by atoms with Crippen LogP contribution in [0.2, 0.25) is 0 Å². The second kappa shape index (κ2) is 6.76. The topological polar surface area (TPSA) is 46.9 Å². The summed E-state index contributed by atoms with van der Waals surface area (Å²) in [5, 5.41) is 6.76. The second-order valence-corrected chi connectivity index (χ2v) is 7.15. The summed E-state index contributed by atoms with van der Waals surface area (Å²) in [7, 11) is 0. The van der Waals surface area contributed by atoms with Crippen LogP contribution in [0.25, 0.3) is 0 Å². The summed E-state index contributed by atoms with van der Waals surface area (Å²) < 4.78 is 40.1. The highest BCUT2D eigenvalue weighted by Crippen LogP contribution is 2.42. The van der Waals surface area contributed by atoms with Crippen LogP contribution in [-0.2, 0) is 17.5 Å². The van der Waals surface area contributed by atoms with Crippen LogP contribution in [0.5, 0.6) is 0 Å². The zero-order valence-electron chi connectivity index (χ0n) is 13.9. The van der Waals surface area contributed by atoms with E-state index >= 15 is 0 Å². The van der Waals surface area contributed by atoms with Crippen molar-refractivity contribution in [2.75, 3.05) is 0 Å². The van der Waals surface area contributed by atoms with Gasteiger partial charge in [-0.25, -0.2) is 0 Å². The Hall–Kier alpha value is -1.53. The number of carbonyl (C=O) groups excluding carboxylic acids is 1. The average molecular weight is 343 g/mol. The van der Waals surface area contributed by atoms with Crippen LogP contribution in [0.3, 0.4) is 0 Å². The quantitative estimate of drug-likeness (QED) is 0.882. The van der Waals surface area contributed by atoms with Crippen molar-refractivity contribution in [2.45, 2.75) is 76.6 Å². The molecule has 0 spiro atoms. The number of rotatable bonds is 5. The minimum absolute atomic E-state index is 0.0901. The van der Waals surface area contributed by atoms with Gasteiger partial charge in [0, 0.05) is 17.7 Å². The Morgan fingerprint density at radius 3 is 2.54 bits per heavy atom. The van der Waals surface area contributed by atoms with Crippen molar-refractivity contribution < 1.29 is 18.0 Å². The third kappa shape index (κ3) is 4.11. The summed E-state index contributed by atoms with van der Waals surface area (Å²) in [6.45, 7) is 1.95. The van der Waals surface area contributed by atoms with E-state index in [2.05, 4.69) is 10.4 Å². The number of carbonyl (C=O) groups is 1. The predicted octanol–water partition coefficient (Wildman–Crippen LogP) is 3.86. The fraction of sp³-hybridized carbons (Fsp3) is 0.765.